The van der Waals surface area contributed by atoms with Gasteiger partial charge in [-0.2, -0.15) is 0 Å². The van der Waals surface area contributed by atoms with E-state index in [2.05, 4.69) is 43.0 Å². The van der Waals surface area contributed by atoms with Crippen molar-refractivity contribution in [3.8, 4) is 0 Å². The van der Waals surface area contributed by atoms with E-state index in [1.54, 1.807) is 12.1 Å². The first kappa shape index (κ1) is 21.3. The first-order valence-corrected chi connectivity index (χ1v) is 11.6. The number of anilines is 1. The summed E-state index contributed by atoms with van der Waals surface area (Å²) in [5.41, 5.74) is 2.61. The van der Waals surface area contributed by atoms with Crippen molar-refractivity contribution in [2.75, 3.05) is 37.3 Å². The molecule has 2 aromatic carbocycles. The second-order valence-corrected chi connectivity index (χ2v) is 9.80. The van der Waals surface area contributed by atoms with Crippen molar-refractivity contribution in [2.45, 2.75) is 31.2 Å². The van der Waals surface area contributed by atoms with Gasteiger partial charge in [-0.3, -0.25) is 15.0 Å². The number of hydrogen-bond donors (Lipinski definition) is 0. The summed E-state index contributed by atoms with van der Waals surface area (Å²) in [4.78, 5) is 15.0. The number of nitro benzene ring substituents is 1. The van der Waals surface area contributed by atoms with Gasteiger partial charge in [-0.25, -0.2) is 8.42 Å². The molecule has 8 heteroatoms. The molecule has 7 nitrogen and oxygen atoms in total. The van der Waals surface area contributed by atoms with Gasteiger partial charge in [0.1, 0.15) is 10.6 Å². The lowest BCUT2D eigenvalue weighted by Crippen LogP contribution is -2.46. The molecule has 156 valence electrons. The second-order valence-electron chi connectivity index (χ2n) is 7.81. The maximum Gasteiger partial charge on any atom is 0.311 e. The lowest BCUT2D eigenvalue weighted by molar-refractivity contribution is -0.387. The van der Waals surface area contributed by atoms with Gasteiger partial charge in [0.2, 0.25) is 0 Å². The van der Waals surface area contributed by atoms with E-state index in [9.17, 15) is 18.5 Å². The molecule has 0 N–H and O–H groups in total. The minimum absolute atomic E-state index is 0.229. The van der Waals surface area contributed by atoms with Gasteiger partial charge in [-0.15, -0.1) is 0 Å². The van der Waals surface area contributed by atoms with E-state index in [1.165, 1.54) is 17.2 Å². The number of piperazine rings is 1. The highest BCUT2D eigenvalue weighted by atomic mass is 32.2. The molecule has 0 bridgehead atoms. The van der Waals surface area contributed by atoms with Crippen LogP contribution < -0.4 is 4.90 Å². The number of nitro groups is 1. The van der Waals surface area contributed by atoms with Gasteiger partial charge in [0, 0.05) is 39.0 Å². The van der Waals surface area contributed by atoms with E-state index in [0.29, 0.717) is 24.7 Å². The fourth-order valence-corrected chi connectivity index (χ4v) is 4.52. The maximum absolute atomic E-state index is 12.0. The van der Waals surface area contributed by atoms with Crippen molar-refractivity contribution in [3.63, 3.8) is 0 Å². The predicted octanol–water partition coefficient (Wildman–Crippen LogP) is 3.44. The first-order valence-electron chi connectivity index (χ1n) is 9.70. The Labute approximate surface area is 172 Å². The summed E-state index contributed by atoms with van der Waals surface area (Å²) in [6.45, 7) is 7.91. The molecule has 0 spiro atoms. The molecular weight excluding hydrogens is 390 g/mol. The highest BCUT2D eigenvalue weighted by molar-refractivity contribution is 7.90. The van der Waals surface area contributed by atoms with Crippen molar-refractivity contribution in [3.05, 3.63) is 63.7 Å². The molecule has 0 unspecified atom stereocenters. The fraction of sp³-hybridized carbons (Fsp3) is 0.429. The highest BCUT2D eigenvalue weighted by Crippen LogP contribution is 2.35. The Balaban J connectivity index is 1.72. The predicted molar refractivity (Wildman–Crippen MR) is 114 cm³/mol. The first-order chi connectivity index (χ1) is 13.7. The average molecular weight is 418 g/mol. The van der Waals surface area contributed by atoms with Gasteiger partial charge in [0.25, 0.3) is 0 Å². The largest absolute Gasteiger partial charge is 0.363 e. The Kier molecular flexibility index (Phi) is 6.24. The second kappa shape index (κ2) is 8.51. The molecule has 0 aromatic heterocycles. The molecular formula is C21H27N3O4S. The van der Waals surface area contributed by atoms with Crippen LogP contribution in [0.5, 0.6) is 0 Å². The Hall–Kier alpha value is -2.45. The number of hydrogen-bond acceptors (Lipinski definition) is 6. The fourth-order valence-electron chi connectivity index (χ4n) is 3.66. The number of para-hydroxylation sites is 1. The van der Waals surface area contributed by atoms with Crippen molar-refractivity contribution in [2.24, 2.45) is 0 Å². The topological polar surface area (TPSA) is 83.8 Å². The molecule has 3 rings (SSSR count). The maximum atomic E-state index is 12.0. The van der Waals surface area contributed by atoms with Crippen molar-refractivity contribution in [1.29, 1.82) is 0 Å². The quantitative estimate of drug-likeness (QED) is 0.529. The van der Waals surface area contributed by atoms with Crippen LogP contribution in [0.15, 0.2) is 47.4 Å². The Morgan fingerprint density at radius 1 is 1.03 bits per heavy atom. The SMILES string of the molecule is CC(C)c1ccc(CN2CCN(c3cccc(S(C)(=O)=O)c3[N+](=O)[O-])CC2)cc1. The zero-order chi connectivity index (χ0) is 21.2. The molecule has 1 aliphatic rings. The highest BCUT2D eigenvalue weighted by Gasteiger charge is 2.30. The Morgan fingerprint density at radius 3 is 2.17 bits per heavy atom. The van der Waals surface area contributed by atoms with Crippen molar-refractivity contribution < 1.29 is 13.3 Å². The van der Waals surface area contributed by atoms with Gasteiger partial charge < -0.3 is 4.90 Å². The molecule has 1 fully saturated rings. The lowest BCUT2D eigenvalue weighted by atomic mass is 10.0. The molecule has 0 amide bonds. The van der Waals surface area contributed by atoms with Crippen LogP contribution in [-0.4, -0.2) is 50.7 Å². The summed E-state index contributed by atoms with van der Waals surface area (Å²) in [6.07, 6.45) is 1.00. The molecule has 0 saturated carbocycles. The summed E-state index contributed by atoms with van der Waals surface area (Å²) in [6, 6.07) is 13.1. The molecule has 1 saturated heterocycles. The zero-order valence-corrected chi connectivity index (χ0v) is 17.9. The standard InChI is InChI=1S/C21H27N3O4S/c1-16(2)18-9-7-17(8-10-18)15-22-11-13-23(14-12-22)19-5-4-6-20(29(3,27)28)21(19)24(25)26/h4-10,16H,11-15H2,1-3H3. The molecule has 1 aliphatic heterocycles. The van der Waals surface area contributed by atoms with Crippen molar-refractivity contribution >= 4 is 21.2 Å². The Bertz CT molecular complexity index is 979. The normalized spacial score (nSPS) is 15.7. The summed E-state index contributed by atoms with van der Waals surface area (Å²) >= 11 is 0. The third-order valence-corrected chi connectivity index (χ3v) is 6.45. The van der Waals surface area contributed by atoms with Gasteiger partial charge in [0.15, 0.2) is 9.84 Å². The molecule has 0 atom stereocenters. The van der Waals surface area contributed by atoms with E-state index in [-0.39, 0.29) is 10.6 Å². The van der Waals surface area contributed by atoms with Crippen LogP contribution in [0.25, 0.3) is 0 Å². The summed E-state index contributed by atoms with van der Waals surface area (Å²) in [5, 5.41) is 11.6. The number of sulfone groups is 1. The van der Waals surface area contributed by atoms with Gasteiger partial charge >= 0.3 is 5.69 Å². The van der Waals surface area contributed by atoms with E-state index in [1.807, 2.05) is 4.90 Å². The molecule has 0 radical (unpaired) electrons. The minimum Gasteiger partial charge on any atom is -0.363 e. The third-order valence-electron chi connectivity index (χ3n) is 5.33. The van der Waals surface area contributed by atoms with Gasteiger partial charge in [-0.1, -0.05) is 44.2 Å². The van der Waals surface area contributed by atoms with Crippen LogP contribution in [0.1, 0.15) is 30.9 Å². The monoisotopic (exact) mass is 417 g/mol. The van der Waals surface area contributed by atoms with Crippen LogP contribution in [-0.2, 0) is 16.4 Å². The van der Waals surface area contributed by atoms with Crippen molar-refractivity contribution in [1.82, 2.24) is 4.90 Å². The van der Waals surface area contributed by atoms with Crippen LogP contribution in [0.2, 0.25) is 0 Å². The number of rotatable bonds is 6. The smallest absolute Gasteiger partial charge is 0.311 e. The molecule has 0 aliphatic carbocycles. The molecule has 1 heterocycles. The van der Waals surface area contributed by atoms with Crippen LogP contribution in [0.3, 0.4) is 0 Å². The van der Waals surface area contributed by atoms with E-state index in [0.717, 1.165) is 25.9 Å². The van der Waals surface area contributed by atoms with Gasteiger partial charge in [0.05, 0.1) is 4.92 Å². The van der Waals surface area contributed by atoms with Gasteiger partial charge in [-0.05, 0) is 29.2 Å². The lowest BCUT2D eigenvalue weighted by Gasteiger charge is -2.36. The zero-order valence-electron chi connectivity index (χ0n) is 17.0. The van der Waals surface area contributed by atoms with Crippen LogP contribution >= 0.6 is 0 Å². The minimum atomic E-state index is -3.68. The van der Waals surface area contributed by atoms with Crippen LogP contribution in [0.4, 0.5) is 11.4 Å². The number of benzene rings is 2. The average Bonchev–Trinajstić information content (AvgIpc) is 2.67. The van der Waals surface area contributed by atoms with E-state index < -0.39 is 14.8 Å². The summed E-state index contributed by atoms with van der Waals surface area (Å²) in [7, 11) is -3.68. The Morgan fingerprint density at radius 2 is 1.66 bits per heavy atom. The van der Waals surface area contributed by atoms with E-state index in [4.69, 9.17) is 0 Å². The number of nitrogens with zero attached hydrogens (tertiary/aromatic N) is 3. The summed E-state index contributed by atoms with van der Waals surface area (Å²) in [5.74, 6) is 0.506. The third kappa shape index (κ3) is 4.94. The summed E-state index contributed by atoms with van der Waals surface area (Å²) < 4.78 is 24.0. The van der Waals surface area contributed by atoms with Crippen LogP contribution in [0, 0.1) is 10.1 Å². The van der Waals surface area contributed by atoms with E-state index >= 15 is 0 Å². The molecule has 29 heavy (non-hydrogen) atoms. The molecule has 2 aromatic rings.